The molecule has 3 aromatic rings. The van der Waals surface area contributed by atoms with Gasteiger partial charge in [0.25, 0.3) is 0 Å². The summed E-state index contributed by atoms with van der Waals surface area (Å²) in [4.78, 5) is 12.2. The zero-order valence-electron chi connectivity index (χ0n) is 22.8. The van der Waals surface area contributed by atoms with Crippen molar-refractivity contribution in [2.24, 2.45) is 0 Å². The number of carbonyl (C=O) groups excluding carboxylic acids is 1. The molecule has 204 valence electrons. The van der Waals surface area contributed by atoms with Gasteiger partial charge in [-0.25, -0.2) is 4.79 Å². The molecule has 0 unspecified atom stereocenters. The highest BCUT2D eigenvalue weighted by Crippen LogP contribution is 2.37. The molecule has 2 N–H and O–H groups in total. The molecular weight excluding hydrogens is 502 g/mol. The molecule has 3 aromatic carbocycles. The van der Waals surface area contributed by atoms with E-state index in [1.807, 2.05) is 30.3 Å². The van der Waals surface area contributed by atoms with Gasteiger partial charge in [0.1, 0.15) is 5.60 Å². The number of hydrogen-bond donors (Lipinski definition) is 2. The van der Waals surface area contributed by atoms with Crippen LogP contribution in [0.2, 0.25) is 5.02 Å². The Morgan fingerprint density at radius 2 is 1.58 bits per heavy atom. The number of carbonyl (C=O) groups is 1. The van der Waals surface area contributed by atoms with Gasteiger partial charge in [-0.05, 0) is 74.9 Å². The summed E-state index contributed by atoms with van der Waals surface area (Å²) in [6.45, 7) is 7.37. The van der Waals surface area contributed by atoms with E-state index < -0.39 is 17.2 Å². The fourth-order valence-corrected chi connectivity index (χ4v) is 4.26. The Morgan fingerprint density at radius 3 is 2.18 bits per heavy atom. The summed E-state index contributed by atoms with van der Waals surface area (Å²) >= 11 is 6.58. The lowest BCUT2D eigenvalue weighted by Gasteiger charge is -2.30. The maximum atomic E-state index is 12.2. The molecule has 0 saturated carbocycles. The molecule has 0 fully saturated rings. The molecule has 0 saturated heterocycles. The number of aliphatic hydroxyl groups is 1. The summed E-state index contributed by atoms with van der Waals surface area (Å²) in [7, 11) is 1.58. The minimum atomic E-state index is -0.854. The summed E-state index contributed by atoms with van der Waals surface area (Å²) in [6, 6.07) is 22.4. The Hall–Kier alpha value is -3.22. The largest absolute Gasteiger partial charge is 0.493 e. The van der Waals surface area contributed by atoms with Crippen LogP contribution in [0.15, 0.2) is 66.7 Å². The second-order valence-electron chi connectivity index (χ2n) is 10.6. The summed E-state index contributed by atoms with van der Waals surface area (Å²) in [5, 5.41) is 13.2. The molecule has 0 bridgehead atoms. The van der Waals surface area contributed by atoms with Crippen LogP contribution in [0.4, 0.5) is 4.79 Å². The van der Waals surface area contributed by atoms with Crippen molar-refractivity contribution >= 4 is 17.7 Å². The van der Waals surface area contributed by atoms with E-state index in [9.17, 15) is 9.90 Å². The molecule has 6 nitrogen and oxygen atoms in total. The van der Waals surface area contributed by atoms with Crippen molar-refractivity contribution in [3.63, 3.8) is 0 Å². The van der Waals surface area contributed by atoms with Gasteiger partial charge in [-0.1, -0.05) is 66.2 Å². The minimum Gasteiger partial charge on any atom is -0.493 e. The van der Waals surface area contributed by atoms with Gasteiger partial charge < -0.3 is 24.6 Å². The fraction of sp³-hybridized carbons (Fsp3) is 0.387. The van der Waals surface area contributed by atoms with Crippen LogP contribution in [0.25, 0.3) is 11.1 Å². The van der Waals surface area contributed by atoms with Crippen molar-refractivity contribution in [1.82, 2.24) is 5.32 Å². The van der Waals surface area contributed by atoms with E-state index in [4.69, 9.17) is 25.8 Å². The molecule has 1 amide bonds. The molecule has 0 aliphatic rings. The number of benzene rings is 3. The average Bonchev–Trinajstić information content (AvgIpc) is 2.88. The van der Waals surface area contributed by atoms with Gasteiger partial charge in [-0.15, -0.1) is 0 Å². The summed E-state index contributed by atoms with van der Waals surface area (Å²) in [5.41, 5.74) is 2.95. The fourth-order valence-electron chi connectivity index (χ4n) is 3.97. The molecule has 1 atom stereocenters. The first-order valence-corrected chi connectivity index (χ1v) is 13.2. The molecule has 0 heterocycles. The number of alkyl carbamates (subject to hydrolysis) is 1. The molecule has 38 heavy (non-hydrogen) atoms. The number of amides is 1. The topological polar surface area (TPSA) is 77.0 Å². The zero-order valence-corrected chi connectivity index (χ0v) is 23.6. The number of ether oxygens (including phenoxy) is 3. The second kappa shape index (κ2) is 13.0. The van der Waals surface area contributed by atoms with Gasteiger partial charge in [0.15, 0.2) is 11.5 Å². The predicted molar refractivity (Wildman–Crippen MR) is 152 cm³/mol. The van der Waals surface area contributed by atoms with Gasteiger partial charge in [0.05, 0.1) is 30.9 Å². The van der Waals surface area contributed by atoms with Gasteiger partial charge in [0, 0.05) is 6.42 Å². The third kappa shape index (κ3) is 8.67. The number of nitrogens with one attached hydrogen (secondary N) is 1. The number of aliphatic hydroxyl groups excluding tert-OH is 1. The van der Waals surface area contributed by atoms with Gasteiger partial charge in [0.2, 0.25) is 0 Å². The maximum absolute atomic E-state index is 12.2. The summed E-state index contributed by atoms with van der Waals surface area (Å²) < 4.78 is 16.9. The predicted octanol–water partition coefficient (Wildman–Crippen LogP) is 6.85. The van der Waals surface area contributed by atoms with Crippen LogP contribution in [0.1, 0.15) is 45.2 Å². The van der Waals surface area contributed by atoms with Crippen molar-refractivity contribution in [2.75, 3.05) is 20.3 Å². The molecule has 0 aromatic heterocycles. The lowest BCUT2D eigenvalue weighted by atomic mass is 9.94. The number of methoxy groups -OCH3 is 1. The van der Waals surface area contributed by atoms with Crippen molar-refractivity contribution in [3.8, 4) is 22.6 Å². The molecule has 3 rings (SSSR count). The van der Waals surface area contributed by atoms with Crippen LogP contribution in [0.5, 0.6) is 11.5 Å². The van der Waals surface area contributed by atoms with Crippen LogP contribution in [-0.2, 0) is 17.6 Å². The van der Waals surface area contributed by atoms with Crippen molar-refractivity contribution in [2.45, 2.75) is 58.1 Å². The highest BCUT2D eigenvalue weighted by molar-refractivity contribution is 6.32. The van der Waals surface area contributed by atoms with E-state index in [1.165, 1.54) is 11.1 Å². The lowest BCUT2D eigenvalue weighted by Crippen LogP contribution is -2.50. The smallest absolute Gasteiger partial charge is 0.408 e. The lowest BCUT2D eigenvalue weighted by molar-refractivity contribution is 0.0407. The monoisotopic (exact) mass is 539 g/mol. The number of rotatable bonds is 11. The molecule has 0 radical (unpaired) electrons. The highest BCUT2D eigenvalue weighted by atomic mass is 35.5. The first-order chi connectivity index (χ1) is 18.0. The Labute approximate surface area is 230 Å². The summed E-state index contributed by atoms with van der Waals surface area (Å²) in [6.07, 6.45) is 1.18. The molecule has 0 spiro atoms. The van der Waals surface area contributed by atoms with E-state index in [1.54, 1.807) is 34.8 Å². The highest BCUT2D eigenvalue weighted by Gasteiger charge is 2.28. The normalized spacial score (nSPS) is 12.9. The quantitative estimate of drug-likeness (QED) is 0.279. The van der Waals surface area contributed by atoms with Crippen molar-refractivity contribution in [3.05, 3.63) is 82.9 Å². The Bertz CT molecular complexity index is 1190. The van der Waals surface area contributed by atoms with Gasteiger partial charge in [-0.3, -0.25) is 0 Å². The molecule has 0 aliphatic heterocycles. The standard InChI is InChI=1S/C31H38ClNO5/c1-30(2,3)38-29(35)33-31(4,21-34)17-15-23-19-26(32)28(27(20-23)36-5)37-18-16-22-11-13-25(14-12-22)24-9-7-6-8-10-24/h6-14,19-20,34H,15-18,21H2,1-5H3,(H,33,35)/t31-/m1/s1. The van der Waals surface area contributed by atoms with Crippen molar-refractivity contribution < 1.29 is 24.1 Å². The number of hydrogen-bond acceptors (Lipinski definition) is 5. The van der Waals surface area contributed by atoms with Crippen molar-refractivity contribution in [1.29, 1.82) is 0 Å². The summed E-state index contributed by atoms with van der Waals surface area (Å²) in [5.74, 6) is 1.04. The first kappa shape index (κ1) is 29.3. The Kier molecular flexibility index (Phi) is 10.1. The zero-order chi connectivity index (χ0) is 27.8. The third-order valence-electron chi connectivity index (χ3n) is 6.10. The van der Waals surface area contributed by atoms with E-state index in [-0.39, 0.29) is 6.61 Å². The second-order valence-corrected chi connectivity index (χ2v) is 11.0. The van der Waals surface area contributed by atoms with Crippen LogP contribution in [0.3, 0.4) is 0 Å². The van der Waals surface area contributed by atoms with Crippen LogP contribution >= 0.6 is 11.6 Å². The molecular formula is C31H38ClNO5. The van der Waals surface area contributed by atoms with E-state index in [0.29, 0.717) is 36.0 Å². The average molecular weight is 540 g/mol. The van der Waals surface area contributed by atoms with Gasteiger partial charge >= 0.3 is 6.09 Å². The Balaban J connectivity index is 1.59. The Morgan fingerprint density at radius 1 is 0.921 bits per heavy atom. The van der Waals surface area contributed by atoms with Crippen LogP contribution in [0, 0.1) is 0 Å². The number of halogens is 1. The maximum Gasteiger partial charge on any atom is 0.408 e. The molecule has 0 aliphatic carbocycles. The van der Waals surface area contributed by atoms with Crippen LogP contribution in [-0.4, -0.2) is 42.7 Å². The van der Waals surface area contributed by atoms with E-state index >= 15 is 0 Å². The van der Waals surface area contributed by atoms with E-state index in [0.717, 1.165) is 17.5 Å². The van der Waals surface area contributed by atoms with E-state index in [2.05, 4.69) is 41.7 Å². The van der Waals surface area contributed by atoms with Gasteiger partial charge in [-0.2, -0.15) is 0 Å². The first-order valence-electron chi connectivity index (χ1n) is 12.8. The third-order valence-corrected chi connectivity index (χ3v) is 6.39. The molecule has 7 heteroatoms. The van der Waals surface area contributed by atoms with Crippen LogP contribution < -0.4 is 14.8 Å². The minimum absolute atomic E-state index is 0.232. The number of aryl methyl sites for hydroxylation is 1. The SMILES string of the molecule is COc1cc(CC[C@](C)(CO)NC(=O)OC(C)(C)C)cc(Cl)c1OCCc1ccc(-c2ccccc2)cc1.